The molecule has 2 aromatic rings. The van der Waals surface area contributed by atoms with Gasteiger partial charge in [-0.05, 0) is 30.7 Å². The Morgan fingerprint density at radius 1 is 1.47 bits per heavy atom. The molecule has 0 fully saturated rings. The molecule has 0 bridgehead atoms. The third-order valence-corrected chi connectivity index (χ3v) is 2.38. The molecule has 1 aromatic carbocycles. The summed E-state index contributed by atoms with van der Waals surface area (Å²) in [5, 5.41) is 2.91. The van der Waals surface area contributed by atoms with Crippen molar-refractivity contribution >= 4 is 17.0 Å². The number of H-pyrrole nitrogens is 1. The van der Waals surface area contributed by atoms with Gasteiger partial charge in [-0.1, -0.05) is 6.07 Å². The molecule has 1 amide bonds. The van der Waals surface area contributed by atoms with E-state index in [0.717, 1.165) is 12.0 Å². The molecule has 0 unspecified atom stereocenters. The Balaban J connectivity index is 1.99. The molecule has 0 radical (unpaired) electrons. The standard InChI is InChI=1S/C11H13N3O3/c12-10(15)6-13-4-3-7-1-2-8-9(5-7)17-11(16)14-8/h1-2,5,13H,3-4,6H2,(H2,12,15)(H,14,16). The number of primary amides is 1. The van der Waals surface area contributed by atoms with Crippen molar-refractivity contribution in [1.29, 1.82) is 0 Å². The van der Waals surface area contributed by atoms with E-state index in [1.807, 2.05) is 6.07 Å². The highest BCUT2D eigenvalue weighted by molar-refractivity contribution is 5.75. The van der Waals surface area contributed by atoms with Crippen LogP contribution in [-0.4, -0.2) is 24.0 Å². The van der Waals surface area contributed by atoms with Gasteiger partial charge in [-0.25, -0.2) is 4.79 Å². The molecule has 0 saturated heterocycles. The fourth-order valence-electron chi connectivity index (χ4n) is 1.59. The second-order valence-electron chi connectivity index (χ2n) is 3.74. The normalized spacial score (nSPS) is 10.8. The van der Waals surface area contributed by atoms with E-state index in [2.05, 4.69) is 10.3 Å². The number of carbonyl (C=O) groups excluding carboxylic acids is 1. The molecule has 17 heavy (non-hydrogen) atoms. The van der Waals surface area contributed by atoms with Crippen molar-refractivity contribution in [2.75, 3.05) is 13.1 Å². The first kappa shape index (κ1) is 11.4. The molecule has 4 N–H and O–H groups in total. The first-order valence-electron chi connectivity index (χ1n) is 5.26. The number of oxazole rings is 1. The lowest BCUT2D eigenvalue weighted by Gasteiger charge is -2.02. The molecule has 1 aromatic heterocycles. The van der Waals surface area contributed by atoms with Crippen molar-refractivity contribution in [3.8, 4) is 0 Å². The van der Waals surface area contributed by atoms with Gasteiger partial charge in [0.2, 0.25) is 5.91 Å². The lowest BCUT2D eigenvalue weighted by molar-refractivity contribution is -0.117. The van der Waals surface area contributed by atoms with E-state index in [-0.39, 0.29) is 12.5 Å². The van der Waals surface area contributed by atoms with Crippen LogP contribution in [0.5, 0.6) is 0 Å². The van der Waals surface area contributed by atoms with Gasteiger partial charge in [0.25, 0.3) is 0 Å². The predicted octanol–water partition coefficient (Wildman–Crippen LogP) is -0.261. The van der Waals surface area contributed by atoms with Crippen LogP contribution in [0.1, 0.15) is 5.56 Å². The maximum absolute atomic E-state index is 10.9. The summed E-state index contributed by atoms with van der Waals surface area (Å²) in [6.07, 6.45) is 0.734. The lowest BCUT2D eigenvalue weighted by atomic mass is 10.1. The maximum atomic E-state index is 10.9. The number of rotatable bonds is 5. The van der Waals surface area contributed by atoms with Gasteiger partial charge in [0, 0.05) is 0 Å². The second kappa shape index (κ2) is 4.84. The molecular formula is C11H13N3O3. The third kappa shape index (κ3) is 2.94. The summed E-state index contributed by atoms with van der Waals surface area (Å²) >= 11 is 0. The summed E-state index contributed by atoms with van der Waals surface area (Å²) in [5.74, 6) is -0.832. The van der Waals surface area contributed by atoms with E-state index in [0.29, 0.717) is 17.6 Å². The SMILES string of the molecule is NC(=O)CNCCc1ccc2[nH]c(=O)oc2c1. The number of hydrogen-bond donors (Lipinski definition) is 3. The topological polar surface area (TPSA) is 101 Å². The monoisotopic (exact) mass is 235 g/mol. The minimum absolute atomic E-state index is 0.168. The number of amides is 1. The van der Waals surface area contributed by atoms with Crippen LogP contribution >= 0.6 is 0 Å². The summed E-state index contributed by atoms with van der Waals surface area (Å²) < 4.78 is 4.95. The average molecular weight is 235 g/mol. The number of nitrogens with two attached hydrogens (primary N) is 1. The van der Waals surface area contributed by atoms with Crippen LogP contribution in [0, 0.1) is 0 Å². The summed E-state index contributed by atoms with van der Waals surface area (Å²) in [7, 11) is 0. The molecule has 90 valence electrons. The highest BCUT2D eigenvalue weighted by atomic mass is 16.4. The van der Waals surface area contributed by atoms with Gasteiger partial charge in [-0.3, -0.25) is 9.78 Å². The zero-order valence-corrected chi connectivity index (χ0v) is 9.16. The first-order valence-corrected chi connectivity index (χ1v) is 5.26. The van der Waals surface area contributed by atoms with E-state index in [1.54, 1.807) is 12.1 Å². The Morgan fingerprint density at radius 3 is 3.06 bits per heavy atom. The molecule has 2 rings (SSSR count). The van der Waals surface area contributed by atoms with Crippen LogP contribution in [0.15, 0.2) is 27.4 Å². The van der Waals surface area contributed by atoms with Gasteiger partial charge in [0.15, 0.2) is 5.58 Å². The minimum Gasteiger partial charge on any atom is -0.408 e. The molecule has 6 nitrogen and oxygen atoms in total. The van der Waals surface area contributed by atoms with Crippen molar-refractivity contribution < 1.29 is 9.21 Å². The van der Waals surface area contributed by atoms with Gasteiger partial charge >= 0.3 is 5.76 Å². The van der Waals surface area contributed by atoms with Gasteiger partial charge in [0.05, 0.1) is 12.1 Å². The molecule has 0 saturated carbocycles. The Hall–Kier alpha value is -2.08. The number of nitrogens with one attached hydrogen (secondary N) is 2. The smallest absolute Gasteiger partial charge is 0.408 e. The second-order valence-corrected chi connectivity index (χ2v) is 3.74. The van der Waals surface area contributed by atoms with Crippen LogP contribution in [0.4, 0.5) is 0 Å². The van der Waals surface area contributed by atoms with Gasteiger partial charge < -0.3 is 15.5 Å². The lowest BCUT2D eigenvalue weighted by Crippen LogP contribution is -2.29. The average Bonchev–Trinajstić information content (AvgIpc) is 2.63. The van der Waals surface area contributed by atoms with Crippen LogP contribution in [0.3, 0.4) is 0 Å². The molecule has 6 heteroatoms. The zero-order valence-electron chi connectivity index (χ0n) is 9.16. The predicted molar refractivity (Wildman–Crippen MR) is 62.6 cm³/mol. The molecule has 0 atom stereocenters. The number of aromatic nitrogens is 1. The fraction of sp³-hybridized carbons (Fsp3) is 0.273. The fourth-order valence-corrected chi connectivity index (χ4v) is 1.59. The van der Waals surface area contributed by atoms with E-state index in [1.165, 1.54) is 0 Å². The molecule has 0 spiro atoms. The van der Waals surface area contributed by atoms with Crippen LogP contribution in [-0.2, 0) is 11.2 Å². The van der Waals surface area contributed by atoms with Crippen LogP contribution in [0.2, 0.25) is 0 Å². The Bertz CT molecular complexity index is 585. The van der Waals surface area contributed by atoms with Gasteiger partial charge in [-0.15, -0.1) is 0 Å². The molecule has 0 aliphatic rings. The number of carbonyl (C=O) groups is 1. The van der Waals surface area contributed by atoms with Crippen molar-refractivity contribution in [1.82, 2.24) is 10.3 Å². The highest BCUT2D eigenvalue weighted by Crippen LogP contribution is 2.12. The van der Waals surface area contributed by atoms with E-state index >= 15 is 0 Å². The van der Waals surface area contributed by atoms with E-state index in [9.17, 15) is 9.59 Å². The summed E-state index contributed by atoms with van der Waals surface area (Å²) in [4.78, 5) is 24.0. The van der Waals surface area contributed by atoms with Gasteiger partial charge in [0.1, 0.15) is 0 Å². The molecule has 0 aliphatic carbocycles. The first-order chi connectivity index (χ1) is 8.15. The Kier molecular flexibility index (Phi) is 3.24. The largest absolute Gasteiger partial charge is 0.417 e. The van der Waals surface area contributed by atoms with Crippen LogP contribution in [0.25, 0.3) is 11.1 Å². The summed E-state index contributed by atoms with van der Waals surface area (Å²) in [6.45, 7) is 0.810. The molecular weight excluding hydrogens is 222 g/mol. The Morgan fingerprint density at radius 2 is 2.29 bits per heavy atom. The van der Waals surface area contributed by atoms with E-state index < -0.39 is 5.76 Å². The zero-order chi connectivity index (χ0) is 12.3. The van der Waals surface area contributed by atoms with Gasteiger partial charge in [-0.2, -0.15) is 0 Å². The number of benzene rings is 1. The van der Waals surface area contributed by atoms with Crippen molar-refractivity contribution in [3.05, 3.63) is 34.3 Å². The number of aromatic amines is 1. The maximum Gasteiger partial charge on any atom is 0.417 e. The summed E-state index contributed by atoms with van der Waals surface area (Å²) in [6, 6.07) is 5.50. The quantitative estimate of drug-likeness (QED) is 0.621. The summed E-state index contributed by atoms with van der Waals surface area (Å²) in [5.41, 5.74) is 7.25. The number of hydrogen-bond acceptors (Lipinski definition) is 4. The van der Waals surface area contributed by atoms with Crippen molar-refractivity contribution in [2.24, 2.45) is 5.73 Å². The molecule has 1 heterocycles. The Labute approximate surface area is 96.8 Å². The van der Waals surface area contributed by atoms with E-state index in [4.69, 9.17) is 10.2 Å². The van der Waals surface area contributed by atoms with Crippen LogP contribution < -0.4 is 16.8 Å². The minimum atomic E-state index is -0.455. The number of fused-ring (bicyclic) bond motifs is 1. The highest BCUT2D eigenvalue weighted by Gasteiger charge is 2.02. The van der Waals surface area contributed by atoms with Crippen molar-refractivity contribution in [3.63, 3.8) is 0 Å². The third-order valence-electron chi connectivity index (χ3n) is 2.38. The molecule has 0 aliphatic heterocycles. The van der Waals surface area contributed by atoms with Crippen molar-refractivity contribution in [2.45, 2.75) is 6.42 Å².